The lowest BCUT2D eigenvalue weighted by molar-refractivity contribution is 0.207. The van der Waals surface area contributed by atoms with Crippen molar-refractivity contribution in [2.75, 3.05) is 40.3 Å². The van der Waals surface area contributed by atoms with E-state index >= 15 is 0 Å². The van der Waals surface area contributed by atoms with Crippen LogP contribution in [0.3, 0.4) is 0 Å². The highest BCUT2D eigenvalue weighted by atomic mass is 16.5. The molecule has 1 atom stereocenters. The molecule has 1 heterocycles. The molecule has 3 rings (SSSR count). The Morgan fingerprint density at radius 2 is 1.61 bits per heavy atom. The molecule has 1 N–H and O–H groups in total. The molecule has 1 fully saturated rings. The van der Waals surface area contributed by atoms with Crippen molar-refractivity contribution in [1.29, 1.82) is 0 Å². The van der Waals surface area contributed by atoms with Crippen LogP contribution in [-0.2, 0) is 0 Å². The van der Waals surface area contributed by atoms with Gasteiger partial charge < -0.3 is 29.2 Å². The predicted molar refractivity (Wildman–Crippen MR) is 107 cm³/mol. The van der Waals surface area contributed by atoms with Gasteiger partial charge in [-0.3, -0.25) is 0 Å². The van der Waals surface area contributed by atoms with Crippen molar-refractivity contribution in [2.45, 2.75) is 18.9 Å². The van der Waals surface area contributed by atoms with Crippen LogP contribution in [0.5, 0.6) is 23.0 Å². The number of carbonyl (C=O) groups excluding carboxylic acids is 1. The highest BCUT2D eigenvalue weighted by molar-refractivity contribution is 5.90. The van der Waals surface area contributed by atoms with Gasteiger partial charge in [0.25, 0.3) is 0 Å². The van der Waals surface area contributed by atoms with Crippen LogP contribution in [0, 0.1) is 0 Å². The smallest absolute Gasteiger partial charge is 0.322 e. The fraction of sp³-hybridized carbons (Fsp3) is 0.381. The molecule has 1 saturated heterocycles. The number of methoxy groups -OCH3 is 4. The first-order valence-electron chi connectivity index (χ1n) is 9.12. The zero-order valence-corrected chi connectivity index (χ0v) is 16.7. The first-order chi connectivity index (χ1) is 13.6. The second-order valence-corrected chi connectivity index (χ2v) is 6.47. The minimum absolute atomic E-state index is 0.0351. The number of nitrogens with zero attached hydrogens (tertiary/aromatic N) is 1. The number of hydrogen-bond donors (Lipinski definition) is 1. The zero-order valence-electron chi connectivity index (χ0n) is 16.7. The van der Waals surface area contributed by atoms with Gasteiger partial charge in [-0.05, 0) is 30.5 Å². The fourth-order valence-electron chi connectivity index (χ4n) is 3.53. The van der Waals surface area contributed by atoms with E-state index in [9.17, 15) is 4.79 Å². The first kappa shape index (κ1) is 19.7. The van der Waals surface area contributed by atoms with E-state index in [4.69, 9.17) is 18.9 Å². The number of benzene rings is 2. The molecule has 0 spiro atoms. The Hall–Kier alpha value is -3.09. The number of amides is 2. The maximum Gasteiger partial charge on any atom is 0.322 e. The molecule has 0 aromatic heterocycles. The van der Waals surface area contributed by atoms with Crippen molar-refractivity contribution in [1.82, 2.24) is 4.90 Å². The standard InChI is InChI=1S/C21H26N2O5/c1-25-16-9-7-14(8-10-16)17-6-5-11-23(17)21(24)22-15-12-18(26-2)20(28-4)19(13-15)27-3/h7-10,12-13,17H,5-6,11H2,1-4H3,(H,22,24)/t17-/m0/s1. The van der Waals surface area contributed by atoms with Crippen LogP contribution in [0.15, 0.2) is 36.4 Å². The van der Waals surface area contributed by atoms with Crippen molar-refractivity contribution in [3.63, 3.8) is 0 Å². The van der Waals surface area contributed by atoms with Crippen molar-refractivity contribution in [3.05, 3.63) is 42.0 Å². The molecule has 0 unspecified atom stereocenters. The molecule has 2 aromatic rings. The van der Waals surface area contributed by atoms with E-state index in [0.717, 1.165) is 24.2 Å². The van der Waals surface area contributed by atoms with Gasteiger partial charge in [-0.15, -0.1) is 0 Å². The predicted octanol–water partition coefficient (Wildman–Crippen LogP) is 4.09. The van der Waals surface area contributed by atoms with Gasteiger partial charge in [0.1, 0.15) is 5.75 Å². The molecule has 0 saturated carbocycles. The number of hydrogen-bond acceptors (Lipinski definition) is 5. The van der Waals surface area contributed by atoms with Crippen molar-refractivity contribution in [2.24, 2.45) is 0 Å². The highest BCUT2D eigenvalue weighted by Crippen LogP contribution is 2.40. The van der Waals surface area contributed by atoms with E-state index in [1.807, 2.05) is 29.2 Å². The van der Waals surface area contributed by atoms with Gasteiger partial charge >= 0.3 is 6.03 Å². The van der Waals surface area contributed by atoms with Crippen LogP contribution >= 0.6 is 0 Å². The van der Waals surface area contributed by atoms with E-state index in [-0.39, 0.29) is 12.1 Å². The number of carbonyl (C=O) groups is 1. The lowest BCUT2D eigenvalue weighted by Crippen LogP contribution is -2.34. The molecular formula is C21H26N2O5. The van der Waals surface area contributed by atoms with Crippen molar-refractivity contribution in [3.8, 4) is 23.0 Å². The second-order valence-electron chi connectivity index (χ2n) is 6.47. The van der Waals surface area contributed by atoms with Crippen molar-refractivity contribution >= 4 is 11.7 Å². The normalized spacial score (nSPS) is 15.9. The third kappa shape index (κ3) is 3.93. The molecule has 150 valence electrons. The molecule has 0 aliphatic carbocycles. The van der Waals surface area contributed by atoms with E-state index in [0.29, 0.717) is 29.5 Å². The summed E-state index contributed by atoms with van der Waals surface area (Å²) in [5, 5.41) is 2.95. The summed E-state index contributed by atoms with van der Waals surface area (Å²) in [4.78, 5) is 14.8. The highest BCUT2D eigenvalue weighted by Gasteiger charge is 2.30. The third-order valence-electron chi connectivity index (χ3n) is 4.93. The summed E-state index contributed by atoms with van der Waals surface area (Å²) in [5.41, 5.74) is 1.68. The summed E-state index contributed by atoms with van der Waals surface area (Å²) in [5.74, 6) is 2.27. The number of rotatable bonds is 6. The largest absolute Gasteiger partial charge is 0.497 e. The Morgan fingerprint density at radius 1 is 0.964 bits per heavy atom. The van der Waals surface area contributed by atoms with Gasteiger partial charge in [-0.1, -0.05) is 12.1 Å². The summed E-state index contributed by atoms with van der Waals surface area (Å²) in [6, 6.07) is 11.2. The van der Waals surface area contributed by atoms with Crippen LogP contribution in [0.2, 0.25) is 0 Å². The van der Waals surface area contributed by atoms with Crippen LogP contribution in [0.1, 0.15) is 24.4 Å². The Bertz CT molecular complexity index is 797. The monoisotopic (exact) mass is 386 g/mol. The van der Waals surface area contributed by atoms with Gasteiger partial charge in [-0.25, -0.2) is 4.79 Å². The summed E-state index contributed by atoms with van der Waals surface area (Å²) >= 11 is 0. The molecule has 2 amide bonds. The molecule has 1 aliphatic heterocycles. The Kier molecular flexibility index (Phi) is 6.13. The average molecular weight is 386 g/mol. The lowest BCUT2D eigenvalue weighted by Gasteiger charge is -2.26. The minimum atomic E-state index is -0.160. The Balaban J connectivity index is 1.79. The second kappa shape index (κ2) is 8.73. The first-order valence-corrected chi connectivity index (χ1v) is 9.12. The summed E-state index contributed by atoms with van der Waals surface area (Å²) in [6.45, 7) is 0.701. The van der Waals surface area contributed by atoms with Crippen molar-refractivity contribution < 1.29 is 23.7 Å². The van der Waals surface area contributed by atoms with Gasteiger partial charge in [0.2, 0.25) is 5.75 Å². The van der Waals surface area contributed by atoms with Crippen LogP contribution < -0.4 is 24.3 Å². The summed E-state index contributed by atoms with van der Waals surface area (Å²) in [7, 11) is 6.27. The van der Waals surface area contributed by atoms with E-state index < -0.39 is 0 Å². The van der Waals surface area contributed by atoms with Crippen LogP contribution in [0.4, 0.5) is 10.5 Å². The van der Waals surface area contributed by atoms with Gasteiger partial charge in [0.05, 0.1) is 40.2 Å². The van der Waals surface area contributed by atoms with E-state index in [2.05, 4.69) is 5.32 Å². The molecule has 0 radical (unpaired) electrons. The molecule has 28 heavy (non-hydrogen) atoms. The fourth-order valence-corrected chi connectivity index (χ4v) is 3.53. The van der Waals surface area contributed by atoms with Crippen LogP contribution in [-0.4, -0.2) is 45.9 Å². The zero-order chi connectivity index (χ0) is 20.1. The Labute approximate surface area is 165 Å². The molecule has 0 bridgehead atoms. The molecule has 7 nitrogen and oxygen atoms in total. The minimum Gasteiger partial charge on any atom is -0.497 e. The van der Waals surface area contributed by atoms with E-state index in [1.54, 1.807) is 40.6 Å². The van der Waals surface area contributed by atoms with Gasteiger partial charge in [0, 0.05) is 18.7 Å². The third-order valence-corrected chi connectivity index (χ3v) is 4.93. The summed E-state index contributed by atoms with van der Waals surface area (Å²) < 4.78 is 21.3. The maximum atomic E-state index is 13.0. The molecule has 2 aromatic carbocycles. The quantitative estimate of drug-likeness (QED) is 0.810. The molecule has 7 heteroatoms. The van der Waals surface area contributed by atoms with Gasteiger partial charge in [0.15, 0.2) is 11.5 Å². The van der Waals surface area contributed by atoms with Gasteiger partial charge in [-0.2, -0.15) is 0 Å². The number of nitrogens with one attached hydrogen (secondary N) is 1. The SMILES string of the molecule is COc1ccc([C@@H]2CCCN2C(=O)Nc2cc(OC)c(OC)c(OC)c2)cc1. The number of likely N-dealkylation sites (tertiary alicyclic amines) is 1. The molecule has 1 aliphatic rings. The summed E-state index contributed by atoms with van der Waals surface area (Å²) in [6.07, 6.45) is 1.88. The van der Waals surface area contributed by atoms with Crippen LogP contribution in [0.25, 0.3) is 0 Å². The average Bonchev–Trinajstić information content (AvgIpc) is 3.23. The number of anilines is 1. The topological polar surface area (TPSA) is 69.3 Å². The van der Waals surface area contributed by atoms with E-state index in [1.165, 1.54) is 0 Å². The lowest BCUT2D eigenvalue weighted by atomic mass is 10.0. The number of urea groups is 1. The maximum absolute atomic E-state index is 13.0. The Morgan fingerprint density at radius 3 is 2.14 bits per heavy atom. The molecular weight excluding hydrogens is 360 g/mol. The number of ether oxygens (including phenoxy) is 4.